The number of H-pyrrole nitrogens is 1. The fraction of sp³-hybridized carbons (Fsp3) is 0.455. The van der Waals surface area contributed by atoms with Crippen molar-refractivity contribution in [2.75, 3.05) is 11.9 Å². The Morgan fingerprint density at radius 1 is 1.33 bits per heavy atom. The summed E-state index contributed by atoms with van der Waals surface area (Å²) < 4.78 is 5.27. The third-order valence-electron chi connectivity index (χ3n) is 2.18. The monoisotopic (exact) mass is 249 g/mol. The molecular formula is C11H15N5O2. The molecule has 0 atom stereocenters. The molecule has 0 radical (unpaired) electrons. The van der Waals surface area contributed by atoms with Gasteiger partial charge in [-0.25, -0.2) is 19.7 Å². The SMILES string of the molecule is CN(C(=O)OC(C)(C)C)c1ncnc2[nH]cnc12. The van der Waals surface area contributed by atoms with Crippen LogP contribution in [0.25, 0.3) is 11.2 Å². The van der Waals surface area contributed by atoms with Crippen molar-refractivity contribution in [3.63, 3.8) is 0 Å². The number of fused-ring (bicyclic) bond motifs is 1. The molecular weight excluding hydrogens is 234 g/mol. The van der Waals surface area contributed by atoms with Crippen molar-refractivity contribution in [1.82, 2.24) is 19.9 Å². The third kappa shape index (κ3) is 2.39. The minimum absolute atomic E-state index is 0.413. The van der Waals surface area contributed by atoms with Gasteiger partial charge in [-0.3, -0.25) is 4.90 Å². The molecule has 7 heteroatoms. The number of aromatic amines is 1. The lowest BCUT2D eigenvalue weighted by Gasteiger charge is -2.24. The molecule has 18 heavy (non-hydrogen) atoms. The van der Waals surface area contributed by atoms with Gasteiger partial charge in [-0.1, -0.05) is 0 Å². The molecule has 1 N–H and O–H groups in total. The van der Waals surface area contributed by atoms with E-state index in [0.717, 1.165) is 0 Å². The second-order valence-corrected chi connectivity index (χ2v) is 4.84. The number of carbonyl (C=O) groups excluding carboxylic acids is 1. The summed E-state index contributed by atoms with van der Waals surface area (Å²) in [5.41, 5.74) is 0.560. The summed E-state index contributed by atoms with van der Waals surface area (Å²) in [6.45, 7) is 5.43. The van der Waals surface area contributed by atoms with Gasteiger partial charge in [0, 0.05) is 7.05 Å². The summed E-state index contributed by atoms with van der Waals surface area (Å²) in [4.78, 5) is 28.3. The summed E-state index contributed by atoms with van der Waals surface area (Å²) in [6.07, 6.45) is 2.40. The van der Waals surface area contributed by atoms with Crippen molar-refractivity contribution in [2.24, 2.45) is 0 Å². The quantitative estimate of drug-likeness (QED) is 0.831. The highest BCUT2D eigenvalue weighted by atomic mass is 16.6. The van der Waals surface area contributed by atoms with Crippen molar-refractivity contribution in [3.05, 3.63) is 12.7 Å². The van der Waals surface area contributed by atoms with Crippen LogP contribution < -0.4 is 4.90 Å². The lowest BCUT2D eigenvalue weighted by atomic mass is 10.2. The minimum Gasteiger partial charge on any atom is -0.443 e. The second-order valence-electron chi connectivity index (χ2n) is 4.84. The highest BCUT2D eigenvalue weighted by molar-refractivity contribution is 5.94. The Morgan fingerprint density at radius 2 is 2.06 bits per heavy atom. The van der Waals surface area contributed by atoms with Crippen LogP contribution in [0.1, 0.15) is 20.8 Å². The zero-order chi connectivity index (χ0) is 13.3. The normalized spacial score (nSPS) is 11.6. The number of nitrogens with zero attached hydrogens (tertiary/aromatic N) is 4. The number of ether oxygens (including phenoxy) is 1. The molecule has 0 saturated heterocycles. The summed E-state index contributed by atoms with van der Waals surface area (Å²) in [5, 5.41) is 0. The summed E-state index contributed by atoms with van der Waals surface area (Å²) in [5.74, 6) is 0.413. The Morgan fingerprint density at radius 3 is 2.72 bits per heavy atom. The molecule has 0 aliphatic rings. The van der Waals surface area contributed by atoms with Gasteiger partial charge in [0.15, 0.2) is 17.0 Å². The molecule has 2 aromatic heterocycles. The number of hydrogen-bond acceptors (Lipinski definition) is 5. The second kappa shape index (κ2) is 4.25. The highest BCUT2D eigenvalue weighted by Crippen LogP contribution is 2.20. The average molecular weight is 249 g/mol. The molecule has 2 heterocycles. The van der Waals surface area contributed by atoms with Gasteiger partial charge in [-0.2, -0.15) is 0 Å². The molecule has 96 valence electrons. The summed E-state index contributed by atoms with van der Waals surface area (Å²) >= 11 is 0. The van der Waals surface area contributed by atoms with Crippen molar-refractivity contribution < 1.29 is 9.53 Å². The molecule has 0 spiro atoms. The summed E-state index contributed by atoms with van der Waals surface area (Å²) in [6, 6.07) is 0. The van der Waals surface area contributed by atoms with Crippen LogP contribution in [-0.2, 0) is 4.74 Å². The molecule has 1 amide bonds. The van der Waals surface area contributed by atoms with Gasteiger partial charge in [-0.05, 0) is 20.8 Å². The first-order valence-corrected chi connectivity index (χ1v) is 5.49. The number of rotatable bonds is 1. The van der Waals surface area contributed by atoms with E-state index in [1.54, 1.807) is 7.05 Å². The number of imidazole rings is 1. The van der Waals surface area contributed by atoms with Gasteiger partial charge >= 0.3 is 6.09 Å². The number of anilines is 1. The van der Waals surface area contributed by atoms with E-state index >= 15 is 0 Å². The van der Waals surface area contributed by atoms with E-state index < -0.39 is 11.7 Å². The van der Waals surface area contributed by atoms with Crippen molar-refractivity contribution in [3.8, 4) is 0 Å². The van der Waals surface area contributed by atoms with Crippen LogP contribution in [0.3, 0.4) is 0 Å². The molecule has 2 rings (SSSR count). The Bertz CT molecular complexity index is 572. The number of hydrogen-bond donors (Lipinski definition) is 1. The zero-order valence-electron chi connectivity index (χ0n) is 10.8. The molecule has 0 fully saturated rings. The lowest BCUT2D eigenvalue weighted by molar-refractivity contribution is 0.0588. The van der Waals surface area contributed by atoms with Crippen LogP contribution in [0.5, 0.6) is 0 Å². The van der Waals surface area contributed by atoms with Gasteiger partial charge in [0.1, 0.15) is 11.9 Å². The largest absolute Gasteiger partial charge is 0.443 e. The van der Waals surface area contributed by atoms with E-state index in [1.165, 1.54) is 17.6 Å². The fourth-order valence-electron chi connectivity index (χ4n) is 1.41. The predicted octanol–water partition coefficient (Wildman–Crippen LogP) is 1.72. The topological polar surface area (TPSA) is 84.0 Å². The molecule has 0 unspecified atom stereocenters. The highest BCUT2D eigenvalue weighted by Gasteiger charge is 2.23. The fourth-order valence-corrected chi connectivity index (χ4v) is 1.41. The van der Waals surface area contributed by atoms with Crippen LogP contribution in [0.2, 0.25) is 0 Å². The number of nitrogens with one attached hydrogen (secondary N) is 1. The van der Waals surface area contributed by atoms with Gasteiger partial charge in [0.25, 0.3) is 0 Å². The lowest BCUT2D eigenvalue weighted by Crippen LogP contribution is -2.34. The first-order valence-electron chi connectivity index (χ1n) is 5.49. The van der Waals surface area contributed by atoms with Crippen molar-refractivity contribution >= 4 is 23.1 Å². The molecule has 2 aromatic rings. The Balaban J connectivity index is 2.31. The molecule has 0 aliphatic heterocycles. The van der Waals surface area contributed by atoms with Gasteiger partial charge in [0.05, 0.1) is 6.33 Å². The Kier molecular flexibility index (Phi) is 2.90. The van der Waals surface area contributed by atoms with E-state index in [0.29, 0.717) is 17.0 Å². The predicted molar refractivity (Wildman–Crippen MR) is 66.3 cm³/mol. The van der Waals surface area contributed by atoms with Crippen molar-refractivity contribution in [2.45, 2.75) is 26.4 Å². The number of aromatic nitrogens is 4. The summed E-state index contributed by atoms with van der Waals surface area (Å²) in [7, 11) is 1.59. The van der Waals surface area contributed by atoms with E-state index in [1.807, 2.05) is 20.8 Å². The number of carbonyl (C=O) groups is 1. The van der Waals surface area contributed by atoms with E-state index in [-0.39, 0.29) is 0 Å². The first kappa shape index (κ1) is 12.3. The van der Waals surface area contributed by atoms with Gasteiger partial charge < -0.3 is 9.72 Å². The maximum absolute atomic E-state index is 11.9. The van der Waals surface area contributed by atoms with Crippen molar-refractivity contribution in [1.29, 1.82) is 0 Å². The van der Waals surface area contributed by atoms with E-state index in [2.05, 4.69) is 19.9 Å². The van der Waals surface area contributed by atoms with E-state index in [4.69, 9.17) is 4.74 Å². The average Bonchev–Trinajstić information content (AvgIpc) is 2.73. The van der Waals surface area contributed by atoms with Crippen LogP contribution in [0.15, 0.2) is 12.7 Å². The smallest absolute Gasteiger partial charge is 0.415 e. The maximum Gasteiger partial charge on any atom is 0.415 e. The molecule has 7 nitrogen and oxygen atoms in total. The molecule has 0 saturated carbocycles. The van der Waals surface area contributed by atoms with Crippen LogP contribution >= 0.6 is 0 Å². The minimum atomic E-state index is -0.553. The molecule has 0 bridgehead atoms. The Hall–Kier alpha value is -2.18. The van der Waals surface area contributed by atoms with Gasteiger partial charge in [-0.15, -0.1) is 0 Å². The Labute approximate surface area is 104 Å². The molecule has 0 aliphatic carbocycles. The standard InChI is InChI=1S/C11H15N5O2/c1-11(2,3)18-10(17)16(4)9-7-8(13-5-12-7)14-6-15-9/h5-6H,1-4H3,(H,12,13,14,15). The zero-order valence-corrected chi connectivity index (χ0v) is 10.8. The van der Waals surface area contributed by atoms with E-state index in [9.17, 15) is 4.79 Å². The van der Waals surface area contributed by atoms with Crippen LogP contribution in [0, 0.1) is 0 Å². The van der Waals surface area contributed by atoms with Crippen LogP contribution in [-0.4, -0.2) is 38.7 Å². The van der Waals surface area contributed by atoms with Gasteiger partial charge in [0.2, 0.25) is 0 Å². The first-order chi connectivity index (χ1) is 8.38. The third-order valence-corrected chi connectivity index (χ3v) is 2.18. The number of amides is 1. The van der Waals surface area contributed by atoms with Crippen LogP contribution in [0.4, 0.5) is 10.6 Å². The molecule has 0 aromatic carbocycles. The maximum atomic E-state index is 11.9.